The normalized spacial score (nSPS) is 20.3. The van der Waals surface area contributed by atoms with Crippen LogP contribution in [0.25, 0.3) is 10.9 Å². The van der Waals surface area contributed by atoms with Crippen LogP contribution in [0.3, 0.4) is 0 Å². The van der Waals surface area contributed by atoms with Crippen LogP contribution in [0.5, 0.6) is 0 Å². The second-order valence-electron chi connectivity index (χ2n) is 9.61. The van der Waals surface area contributed by atoms with Crippen LogP contribution in [0, 0.1) is 0 Å². The zero-order valence-corrected chi connectivity index (χ0v) is 19.5. The number of carbonyl (C=O) groups is 2. The van der Waals surface area contributed by atoms with Crippen LogP contribution in [-0.2, 0) is 4.79 Å². The molecule has 0 atom stereocenters. The number of likely N-dealkylation sites (tertiary alicyclic amines) is 1. The second kappa shape index (κ2) is 10.1. The molecule has 3 fully saturated rings. The Morgan fingerprint density at radius 3 is 2.15 bits per heavy atom. The molecule has 7 nitrogen and oxygen atoms in total. The predicted molar refractivity (Wildman–Crippen MR) is 131 cm³/mol. The van der Waals surface area contributed by atoms with E-state index in [0.717, 1.165) is 81.7 Å². The van der Waals surface area contributed by atoms with E-state index in [-0.39, 0.29) is 11.8 Å². The monoisotopic (exact) mass is 449 g/mol. The summed E-state index contributed by atoms with van der Waals surface area (Å²) in [6.45, 7) is 6.96. The number of hydrogen-bond donors (Lipinski definition) is 0. The lowest BCUT2D eigenvalue weighted by atomic mass is 10.1. The van der Waals surface area contributed by atoms with E-state index in [1.807, 2.05) is 40.1 Å². The third kappa shape index (κ3) is 4.98. The molecule has 0 radical (unpaired) electrons. The standard InChI is InChI=1S/C26H35N5O2/c32-24(29-11-5-1-2-6-12-29)20-28-15-17-31(18-16-28)26(33)22-19-21-9-3-4-10-23(21)27-25(22)30-13-7-8-14-30/h3-4,9-10,19H,1-2,5-8,11-18,20H2. The van der Waals surface area contributed by atoms with Crippen molar-refractivity contribution in [3.8, 4) is 0 Å². The molecule has 0 bridgehead atoms. The summed E-state index contributed by atoms with van der Waals surface area (Å²) < 4.78 is 0. The molecule has 7 heteroatoms. The molecule has 4 heterocycles. The number of piperazine rings is 1. The lowest BCUT2D eigenvalue weighted by Crippen LogP contribution is -2.51. The molecule has 3 aliphatic rings. The maximum atomic E-state index is 13.6. The fraction of sp³-hybridized carbons (Fsp3) is 0.577. The van der Waals surface area contributed by atoms with Crippen LogP contribution < -0.4 is 4.90 Å². The molecule has 176 valence electrons. The topological polar surface area (TPSA) is 60.0 Å². The first-order chi connectivity index (χ1) is 16.2. The zero-order valence-electron chi connectivity index (χ0n) is 19.5. The van der Waals surface area contributed by atoms with Crippen molar-refractivity contribution in [3.63, 3.8) is 0 Å². The van der Waals surface area contributed by atoms with Gasteiger partial charge in [-0.15, -0.1) is 0 Å². The molecule has 0 spiro atoms. The maximum Gasteiger partial charge on any atom is 0.257 e. The Labute approximate surface area is 196 Å². The lowest BCUT2D eigenvalue weighted by Gasteiger charge is -2.36. The molecule has 33 heavy (non-hydrogen) atoms. The van der Waals surface area contributed by atoms with Crippen molar-refractivity contribution >= 4 is 28.5 Å². The van der Waals surface area contributed by atoms with Gasteiger partial charge < -0.3 is 14.7 Å². The summed E-state index contributed by atoms with van der Waals surface area (Å²) in [7, 11) is 0. The van der Waals surface area contributed by atoms with Gasteiger partial charge in [0.05, 0.1) is 17.6 Å². The van der Waals surface area contributed by atoms with E-state index < -0.39 is 0 Å². The van der Waals surface area contributed by atoms with Gasteiger partial charge in [-0.2, -0.15) is 0 Å². The van der Waals surface area contributed by atoms with Gasteiger partial charge in [-0.25, -0.2) is 4.98 Å². The Hall–Kier alpha value is -2.67. The van der Waals surface area contributed by atoms with Gasteiger partial charge in [0, 0.05) is 57.7 Å². The number of carbonyl (C=O) groups excluding carboxylic acids is 2. The van der Waals surface area contributed by atoms with E-state index in [1.54, 1.807) is 0 Å². The highest BCUT2D eigenvalue weighted by Crippen LogP contribution is 2.28. The molecule has 0 saturated carbocycles. The fourth-order valence-corrected chi connectivity index (χ4v) is 5.32. The van der Waals surface area contributed by atoms with E-state index in [0.29, 0.717) is 25.2 Å². The van der Waals surface area contributed by atoms with Crippen molar-refractivity contribution in [1.29, 1.82) is 0 Å². The summed E-state index contributed by atoms with van der Waals surface area (Å²) in [5.41, 5.74) is 1.65. The minimum absolute atomic E-state index is 0.0636. The van der Waals surface area contributed by atoms with Crippen molar-refractivity contribution < 1.29 is 9.59 Å². The molecule has 1 aromatic heterocycles. The molecule has 5 rings (SSSR count). The average Bonchev–Trinajstić information content (AvgIpc) is 3.25. The van der Waals surface area contributed by atoms with E-state index in [2.05, 4.69) is 9.80 Å². The van der Waals surface area contributed by atoms with Gasteiger partial charge in [0.2, 0.25) is 5.91 Å². The largest absolute Gasteiger partial charge is 0.356 e. The van der Waals surface area contributed by atoms with Crippen molar-refractivity contribution in [1.82, 2.24) is 19.7 Å². The van der Waals surface area contributed by atoms with Gasteiger partial charge in [0.1, 0.15) is 5.82 Å². The first-order valence-corrected chi connectivity index (χ1v) is 12.6. The highest BCUT2D eigenvalue weighted by atomic mass is 16.2. The number of hydrogen-bond acceptors (Lipinski definition) is 5. The van der Waals surface area contributed by atoms with E-state index in [4.69, 9.17) is 4.98 Å². The zero-order chi connectivity index (χ0) is 22.6. The lowest BCUT2D eigenvalue weighted by molar-refractivity contribution is -0.132. The van der Waals surface area contributed by atoms with Crippen molar-refractivity contribution in [2.24, 2.45) is 0 Å². The summed E-state index contributed by atoms with van der Waals surface area (Å²) in [5, 5.41) is 1.01. The van der Waals surface area contributed by atoms with Crippen LogP contribution in [0.15, 0.2) is 30.3 Å². The van der Waals surface area contributed by atoms with Crippen molar-refractivity contribution in [3.05, 3.63) is 35.9 Å². The van der Waals surface area contributed by atoms with Crippen LogP contribution in [-0.4, -0.2) is 90.4 Å². The minimum atomic E-state index is 0.0636. The Morgan fingerprint density at radius 2 is 1.42 bits per heavy atom. The Bertz CT molecular complexity index is 987. The van der Waals surface area contributed by atoms with Gasteiger partial charge in [-0.3, -0.25) is 14.5 Å². The number of fused-ring (bicyclic) bond motifs is 1. The van der Waals surface area contributed by atoms with Gasteiger partial charge in [0.15, 0.2) is 0 Å². The molecule has 0 N–H and O–H groups in total. The predicted octanol–water partition coefficient (Wildman–Crippen LogP) is 3.00. The highest BCUT2D eigenvalue weighted by Gasteiger charge is 2.29. The van der Waals surface area contributed by atoms with Crippen LogP contribution in [0.4, 0.5) is 5.82 Å². The number of pyridine rings is 1. The fourth-order valence-electron chi connectivity index (χ4n) is 5.32. The molecular formula is C26H35N5O2. The van der Waals surface area contributed by atoms with Crippen LogP contribution in [0.1, 0.15) is 48.9 Å². The van der Waals surface area contributed by atoms with Crippen molar-refractivity contribution in [2.75, 3.05) is 63.8 Å². The first kappa shape index (κ1) is 22.1. The molecule has 2 aromatic rings. The summed E-state index contributed by atoms with van der Waals surface area (Å²) in [5.74, 6) is 1.13. The molecule has 0 unspecified atom stereocenters. The third-order valence-corrected chi connectivity index (χ3v) is 7.32. The smallest absolute Gasteiger partial charge is 0.257 e. The SMILES string of the molecule is O=C(CN1CCN(C(=O)c2cc3ccccc3nc2N2CCCC2)CC1)N1CCCCCC1. The van der Waals surface area contributed by atoms with Gasteiger partial charge in [-0.1, -0.05) is 31.0 Å². The molecule has 1 aromatic carbocycles. The Morgan fingerprint density at radius 1 is 0.758 bits per heavy atom. The van der Waals surface area contributed by atoms with Gasteiger partial charge in [-0.05, 0) is 37.8 Å². The Balaban J connectivity index is 1.26. The summed E-state index contributed by atoms with van der Waals surface area (Å²) in [4.78, 5) is 39.7. The number of para-hydroxylation sites is 1. The van der Waals surface area contributed by atoms with E-state index in [9.17, 15) is 9.59 Å². The number of anilines is 1. The van der Waals surface area contributed by atoms with Gasteiger partial charge in [0.25, 0.3) is 5.91 Å². The quantitative estimate of drug-likeness (QED) is 0.718. The van der Waals surface area contributed by atoms with E-state index >= 15 is 0 Å². The molecule has 3 aliphatic heterocycles. The number of benzene rings is 1. The van der Waals surface area contributed by atoms with Gasteiger partial charge >= 0.3 is 0 Å². The Kier molecular flexibility index (Phi) is 6.76. The number of nitrogens with zero attached hydrogens (tertiary/aromatic N) is 5. The second-order valence-corrected chi connectivity index (χ2v) is 9.61. The van der Waals surface area contributed by atoms with Crippen LogP contribution in [0.2, 0.25) is 0 Å². The minimum Gasteiger partial charge on any atom is -0.356 e. The highest BCUT2D eigenvalue weighted by molar-refractivity contribution is 6.02. The molecule has 0 aliphatic carbocycles. The summed E-state index contributed by atoms with van der Waals surface area (Å²) >= 11 is 0. The molecular weight excluding hydrogens is 414 g/mol. The maximum absolute atomic E-state index is 13.6. The first-order valence-electron chi connectivity index (χ1n) is 12.6. The van der Waals surface area contributed by atoms with E-state index in [1.165, 1.54) is 12.8 Å². The van der Waals surface area contributed by atoms with Crippen molar-refractivity contribution in [2.45, 2.75) is 38.5 Å². The summed E-state index contributed by atoms with van der Waals surface area (Å²) in [6.07, 6.45) is 6.99. The third-order valence-electron chi connectivity index (χ3n) is 7.32. The molecule has 2 amide bonds. The summed E-state index contributed by atoms with van der Waals surface area (Å²) in [6, 6.07) is 10.1. The molecule has 3 saturated heterocycles. The number of rotatable bonds is 4. The number of amides is 2. The average molecular weight is 450 g/mol. The number of aromatic nitrogens is 1. The van der Waals surface area contributed by atoms with Crippen LogP contribution >= 0.6 is 0 Å².